The SMILES string of the molecule is CC(=O)CCc1cc(F)c(OCc2cccc(Oc3ccccn3)c2)c(F)c1. The van der Waals surface area contributed by atoms with Crippen molar-refractivity contribution in [2.75, 3.05) is 0 Å². The number of benzene rings is 2. The van der Waals surface area contributed by atoms with Gasteiger partial charge in [-0.3, -0.25) is 0 Å². The number of carbonyl (C=O) groups is 1. The van der Waals surface area contributed by atoms with Gasteiger partial charge in [-0.15, -0.1) is 0 Å². The topological polar surface area (TPSA) is 48.4 Å². The normalized spacial score (nSPS) is 10.5. The molecule has 1 aromatic heterocycles. The van der Waals surface area contributed by atoms with E-state index in [9.17, 15) is 13.6 Å². The van der Waals surface area contributed by atoms with Gasteiger partial charge in [-0.2, -0.15) is 0 Å². The molecule has 0 fully saturated rings. The lowest BCUT2D eigenvalue weighted by molar-refractivity contribution is -0.116. The van der Waals surface area contributed by atoms with Crippen LogP contribution in [0.25, 0.3) is 0 Å². The molecule has 0 bridgehead atoms. The Morgan fingerprint density at radius 2 is 1.79 bits per heavy atom. The predicted octanol–water partition coefficient (Wildman–Crippen LogP) is 5.25. The van der Waals surface area contributed by atoms with Crippen LogP contribution in [0.2, 0.25) is 0 Å². The highest BCUT2D eigenvalue weighted by molar-refractivity contribution is 5.75. The molecule has 0 saturated heterocycles. The summed E-state index contributed by atoms with van der Waals surface area (Å²) in [5.41, 5.74) is 1.11. The molecule has 0 aliphatic heterocycles. The van der Waals surface area contributed by atoms with Crippen molar-refractivity contribution in [2.24, 2.45) is 0 Å². The van der Waals surface area contributed by atoms with Gasteiger partial charge in [0.05, 0.1) is 0 Å². The number of carbonyl (C=O) groups excluding carboxylic acids is 1. The fourth-order valence-corrected chi connectivity index (χ4v) is 2.60. The molecule has 4 nitrogen and oxygen atoms in total. The van der Waals surface area contributed by atoms with E-state index in [4.69, 9.17) is 9.47 Å². The Morgan fingerprint density at radius 1 is 1.00 bits per heavy atom. The van der Waals surface area contributed by atoms with Crippen LogP contribution in [0.1, 0.15) is 24.5 Å². The number of pyridine rings is 1. The van der Waals surface area contributed by atoms with Gasteiger partial charge in [-0.25, -0.2) is 13.8 Å². The van der Waals surface area contributed by atoms with Crippen LogP contribution < -0.4 is 9.47 Å². The Hall–Kier alpha value is -3.28. The highest BCUT2D eigenvalue weighted by Gasteiger charge is 2.13. The molecule has 0 radical (unpaired) electrons. The van der Waals surface area contributed by atoms with Gasteiger partial charge in [0.25, 0.3) is 0 Å². The molecule has 0 spiro atoms. The molecule has 0 atom stereocenters. The molecule has 0 N–H and O–H groups in total. The molecule has 0 unspecified atom stereocenters. The smallest absolute Gasteiger partial charge is 0.219 e. The summed E-state index contributed by atoms with van der Waals surface area (Å²) in [6.45, 7) is 1.41. The third-order valence-electron chi connectivity index (χ3n) is 3.97. The maximum Gasteiger partial charge on any atom is 0.219 e. The van der Waals surface area contributed by atoms with E-state index in [2.05, 4.69) is 4.98 Å². The van der Waals surface area contributed by atoms with E-state index in [-0.39, 0.29) is 25.2 Å². The summed E-state index contributed by atoms with van der Waals surface area (Å²) in [4.78, 5) is 15.1. The molecule has 0 saturated carbocycles. The first-order chi connectivity index (χ1) is 13.5. The van der Waals surface area contributed by atoms with Crippen LogP contribution in [-0.4, -0.2) is 10.8 Å². The lowest BCUT2D eigenvalue weighted by Gasteiger charge is -2.11. The average molecular weight is 383 g/mol. The molecule has 6 heteroatoms. The number of ketones is 1. The molecule has 0 amide bonds. The van der Waals surface area contributed by atoms with Crippen LogP contribution in [0.4, 0.5) is 8.78 Å². The summed E-state index contributed by atoms with van der Waals surface area (Å²) in [7, 11) is 0. The Morgan fingerprint density at radius 3 is 2.46 bits per heavy atom. The lowest BCUT2D eigenvalue weighted by Crippen LogP contribution is -2.02. The van der Waals surface area contributed by atoms with Crippen LogP contribution in [0, 0.1) is 11.6 Å². The van der Waals surface area contributed by atoms with Crippen molar-refractivity contribution in [3.05, 3.63) is 83.6 Å². The summed E-state index contributed by atoms with van der Waals surface area (Å²) in [6.07, 6.45) is 2.15. The van der Waals surface area contributed by atoms with E-state index in [0.717, 1.165) is 0 Å². The van der Waals surface area contributed by atoms with Crippen molar-refractivity contribution >= 4 is 5.78 Å². The summed E-state index contributed by atoms with van der Waals surface area (Å²) in [5, 5.41) is 0. The third-order valence-corrected chi connectivity index (χ3v) is 3.97. The number of aromatic nitrogens is 1. The van der Waals surface area contributed by atoms with Gasteiger partial charge in [0.15, 0.2) is 17.4 Å². The van der Waals surface area contributed by atoms with Crippen molar-refractivity contribution in [3.8, 4) is 17.4 Å². The van der Waals surface area contributed by atoms with Crippen molar-refractivity contribution in [1.82, 2.24) is 4.98 Å². The van der Waals surface area contributed by atoms with Crippen molar-refractivity contribution in [2.45, 2.75) is 26.4 Å². The Bertz CT molecular complexity index is 938. The molecule has 1 heterocycles. The van der Waals surface area contributed by atoms with Crippen molar-refractivity contribution in [1.29, 1.82) is 0 Å². The molecule has 2 aromatic carbocycles. The largest absolute Gasteiger partial charge is 0.483 e. The first-order valence-electron chi connectivity index (χ1n) is 8.79. The zero-order valence-electron chi connectivity index (χ0n) is 15.3. The van der Waals surface area contributed by atoms with Crippen LogP contribution in [0.3, 0.4) is 0 Å². The van der Waals surface area contributed by atoms with E-state index in [1.165, 1.54) is 19.1 Å². The maximum atomic E-state index is 14.2. The van der Waals surface area contributed by atoms with Crippen LogP contribution in [0.15, 0.2) is 60.8 Å². The van der Waals surface area contributed by atoms with E-state index in [0.29, 0.717) is 22.8 Å². The highest BCUT2D eigenvalue weighted by Crippen LogP contribution is 2.26. The molecular weight excluding hydrogens is 364 g/mol. The molecule has 3 aromatic rings. The Balaban J connectivity index is 1.67. The number of ether oxygens (including phenoxy) is 2. The van der Waals surface area contributed by atoms with Gasteiger partial charge >= 0.3 is 0 Å². The quantitative estimate of drug-likeness (QED) is 0.533. The number of aryl methyl sites for hydroxylation is 1. The average Bonchev–Trinajstić information content (AvgIpc) is 2.67. The Kier molecular flexibility index (Phi) is 6.32. The van der Waals surface area contributed by atoms with Crippen molar-refractivity contribution in [3.63, 3.8) is 0 Å². The lowest BCUT2D eigenvalue weighted by atomic mass is 10.1. The van der Waals surface area contributed by atoms with E-state index in [1.807, 2.05) is 0 Å². The first kappa shape index (κ1) is 19.5. The zero-order valence-corrected chi connectivity index (χ0v) is 15.3. The zero-order chi connectivity index (χ0) is 19.9. The van der Waals surface area contributed by atoms with Gasteiger partial charge in [0.1, 0.15) is 18.1 Å². The fourth-order valence-electron chi connectivity index (χ4n) is 2.60. The number of hydrogen-bond acceptors (Lipinski definition) is 4. The predicted molar refractivity (Wildman–Crippen MR) is 100 cm³/mol. The molecule has 28 heavy (non-hydrogen) atoms. The minimum atomic E-state index is -0.792. The standard InChI is InChI=1S/C22H19F2NO3/c1-15(26)8-9-16-12-19(23)22(20(24)13-16)27-14-17-5-4-6-18(11-17)28-21-7-2-3-10-25-21/h2-7,10-13H,8-9,14H2,1H3. The minimum Gasteiger partial charge on any atom is -0.483 e. The van der Waals surface area contributed by atoms with Gasteiger partial charge in [-0.1, -0.05) is 18.2 Å². The minimum absolute atomic E-state index is 0.0277. The maximum absolute atomic E-state index is 14.2. The molecule has 3 rings (SSSR count). The van der Waals surface area contributed by atoms with Crippen LogP contribution in [-0.2, 0) is 17.8 Å². The monoisotopic (exact) mass is 383 g/mol. The number of hydrogen-bond donors (Lipinski definition) is 0. The fraction of sp³-hybridized carbons (Fsp3) is 0.182. The van der Waals surface area contributed by atoms with Gasteiger partial charge < -0.3 is 14.3 Å². The van der Waals surface area contributed by atoms with Crippen LogP contribution in [0.5, 0.6) is 17.4 Å². The first-order valence-corrected chi connectivity index (χ1v) is 8.79. The van der Waals surface area contributed by atoms with Gasteiger partial charge in [0.2, 0.25) is 5.88 Å². The third kappa shape index (κ3) is 5.36. The van der Waals surface area contributed by atoms with E-state index < -0.39 is 17.4 Å². The second-order valence-corrected chi connectivity index (χ2v) is 6.30. The van der Waals surface area contributed by atoms with E-state index in [1.54, 1.807) is 48.7 Å². The number of halogens is 2. The second kappa shape index (κ2) is 9.08. The number of rotatable bonds is 8. The second-order valence-electron chi connectivity index (χ2n) is 6.30. The number of nitrogens with zero attached hydrogens (tertiary/aromatic N) is 1. The van der Waals surface area contributed by atoms with Crippen LogP contribution >= 0.6 is 0 Å². The summed E-state index contributed by atoms with van der Waals surface area (Å²) >= 11 is 0. The Labute approximate surface area is 161 Å². The molecule has 144 valence electrons. The molecular formula is C22H19F2NO3. The summed E-state index contributed by atoms with van der Waals surface area (Å²) < 4.78 is 39.4. The van der Waals surface area contributed by atoms with Gasteiger partial charge in [0, 0.05) is 18.7 Å². The van der Waals surface area contributed by atoms with Gasteiger partial charge in [-0.05, 0) is 54.8 Å². The molecule has 0 aliphatic carbocycles. The summed E-state index contributed by atoms with van der Waals surface area (Å²) in [6, 6.07) is 14.7. The number of Topliss-reactive ketones (excluding diaryl/α,β-unsaturated/α-hetero) is 1. The van der Waals surface area contributed by atoms with E-state index >= 15 is 0 Å². The summed E-state index contributed by atoms with van der Waals surface area (Å²) in [5.74, 6) is -1.07. The van der Waals surface area contributed by atoms with Crippen molar-refractivity contribution < 1.29 is 23.0 Å². The molecule has 0 aliphatic rings. The highest BCUT2D eigenvalue weighted by atomic mass is 19.1.